The lowest BCUT2D eigenvalue weighted by Gasteiger charge is -2.21. The van der Waals surface area contributed by atoms with E-state index in [0.717, 1.165) is 34.8 Å². The fourth-order valence-corrected chi connectivity index (χ4v) is 4.48. The largest absolute Gasteiger partial charge is 0.391 e. The third-order valence-electron chi connectivity index (χ3n) is 5.48. The number of hydrogen-bond acceptors (Lipinski definition) is 8. The summed E-state index contributed by atoms with van der Waals surface area (Å²) in [5.74, 6) is 0.510. The summed E-state index contributed by atoms with van der Waals surface area (Å²) in [6.45, 7) is 2.54. The van der Waals surface area contributed by atoms with Gasteiger partial charge in [-0.05, 0) is 30.9 Å². The minimum Gasteiger partial charge on any atom is -0.391 e. The summed E-state index contributed by atoms with van der Waals surface area (Å²) in [6.07, 6.45) is 4.10. The number of β-amino-alcohol motifs (C(OH)–C–C–N with tert-alkyl or cyclic N) is 1. The van der Waals surface area contributed by atoms with Crippen LogP contribution in [0.5, 0.6) is 0 Å². The van der Waals surface area contributed by atoms with Crippen LogP contribution < -0.4 is 15.8 Å². The lowest BCUT2D eigenvalue weighted by molar-refractivity contribution is 0.198. The number of thioether (sulfide) groups is 1. The maximum Gasteiger partial charge on any atom is 0.264 e. The van der Waals surface area contributed by atoms with Crippen LogP contribution in [-0.2, 0) is 11.8 Å². The monoisotopic (exact) mass is 441 g/mol. The van der Waals surface area contributed by atoms with Gasteiger partial charge in [0.15, 0.2) is 0 Å². The fraction of sp³-hybridized carbons (Fsp3) is 0.409. The van der Waals surface area contributed by atoms with Crippen molar-refractivity contribution in [3.63, 3.8) is 0 Å². The minimum absolute atomic E-state index is 0.142. The second-order valence-corrected chi connectivity index (χ2v) is 8.45. The molecule has 4 rings (SSSR count). The van der Waals surface area contributed by atoms with E-state index in [9.17, 15) is 9.90 Å². The first-order chi connectivity index (χ1) is 15.0. The third kappa shape index (κ3) is 4.39. The molecule has 164 valence electrons. The molecule has 3 heterocycles. The van der Waals surface area contributed by atoms with Crippen molar-refractivity contribution in [1.29, 1.82) is 0 Å². The summed E-state index contributed by atoms with van der Waals surface area (Å²) in [5, 5.41) is 13.6. The number of benzene rings is 1. The minimum atomic E-state index is -0.272. The topological polar surface area (TPSA) is 92.5 Å². The van der Waals surface area contributed by atoms with Gasteiger partial charge in [0.25, 0.3) is 5.56 Å². The quantitative estimate of drug-likeness (QED) is 0.426. The van der Waals surface area contributed by atoms with Crippen molar-refractivity contribution >= 4 is 34.2 Å². The average Bonchev–Trinajstić information content (AvgIpc) is 3.21. The molecule has 0 amide bonds. The van der Waals surface area contributed by atoms with Gasteiger partial charge < -0.3 is 24.6 Å². The predicted molar refractivity (Wildman–Crippen MR) is 125 cm³/mol. The highest BCUT2D eigenvalue weighted by Gasteiger charge is 2.23. The molecule has 1 atom stereocenters. The van der Waals surface area contributed by atoms with E-state index in [2.05, 4.69) is 27.3 Å². The van der Waals surface area contributed by atoms with Crippen molar-refractivity contribution in [3.05, 3.63) is 40.9 Å². The van der Waals surface area contributed by atoms with Gasteiger partial charge in [-0.3, -0.25) is 4.79 Å². The molecule has 0 spiro atoms. The molecular weight excluding hydrogens is 414 g/mol. The number of aliphatic hydroxyl groups excluding tert-OH is 1. The summed E-state index contributed by atoms with van der Waals surface area (Å²) in [4.78, 5) is 25.3. The van der Waals surface area contributed by atoms with Crippen LogP contribution in [0.2, 0.25) is 0 Å². The van der Waals surface area contributed by atoms with E-state index >= 15 is 0 Å². The van der Waals surface area contributed by atoms with Crippen LogP contribution in [0.15, 0.2) is 40.3 Å². The Morgan fingerprint density at radius 1 is 1.35 bits per heavy atom. The van der Waals surface area contributed by atoms with E-state index in [1.165, 1.54) is 10.9 Å². The van der Waals surface area contributed by atoms with E-state index < -0.39 is 0 Å². The molecule has 9 heteroatoms. The normalized spacial score (nSPS) is 16.3. The number of nitrogens with zero attached hydrogens (tertiary/aromatic N) is 4. The maximum absolute atomic E-state index is 12.7. The number of aliphatic hydroxyl groups is 1. The van der Waals surface area contributed by atoms with Crippen molar-refractivity contribution in [2.24, 2.45) is 7.05 Å². The van der Waals surface area contributed by atoms with Crippen molar-refractivity contribution in [1.82, 2.24) is 14.5 Å². The Labute approximate surface area is 185 Å². The smallest absolute Gasteiger partial charge is 0.264 e. The summed E-state index contributed by atoms with van der Waals surface area (Å²) < 4.78 is 6.58. The molecule has 8 nitrogen and oxygen atoms in total. The lowest BCUT2D eigenvalue weighted by atomic mass is 10.1. The Kier molecular flexibility index (Phi) is 6.45. The molecule has 0 saturated carbocycles. The van der Waals surface area contributed by atoms with Crippen LogP contribution in [0.4, 0.5) is 11.5 Å². The van der Waals surface area contributed by atoms with Gasteiger partial charge in [-0.25, -0.2) is 9.97 Å². The highest BCUT2D eigenvalue weighted by atomic mass is 32.2. The SMILES string of the molecule is COCCNc1nc(-c2ccc(N3CCC(O)C3)c(SC)c2)cc2ncn(C)c(=O)c12. The zero-order valence-electron chi connectivity index (χ0n) is 18.0. The summed E-state index contributed by atoms with van der Waals surface area (Å²) >= 11 is 1.67. The third-order valence-corrected chi connectivity index (χ3v) is 6.25. The van der Waals surface area contributed by atoms with Crippen LogP contribution in [0.25, 0.3) is 22.2 Å². The molecule has 1 aliphatic heterocycles. The molecule has 2 N–H and O–H groups in total. The van der Waals surface area contributed by atoms with Gasteiger partial charge >= 0.3 is 0 Å². The average molecular weight is 442 g/mol. The Morgan fingerprint density at radius 2 is 2.19 bits per heavy atom. The standard InChI is InChI=1S/C22H27N5O3S/c1-26-13-24-17-11-16(25-21(20(17)22(26)29)23-7-9-30-2)14-4-5-18(19(10-14)31-3)27-8-6-15(28)12-27/h4-5,10-11,13,15,28H,6-9,12H2,1-3H3,(H,23,25). The second kappa shape index (κ2) is 9.25. The molecule has 1 fully saturated rings. The van der Waals surface area contributed by atoms with E-state index in [-0.39, 0.29) is 11.7 Å². The van der Waals surface area contributed by atoms with E-state index in [1.807, 2.05) is 18.4 Å². The Balaban J connectivity index is 1.78. The van der Waals surface area contributed by atoms with Gasteiger partial charge in [-0.1, -0.05) is 6.07 Å². The van der Waals surface area contributed by atoms with Gasteiger partial charge in [0, 0.05) is 44.3 Å². The van der Waals surface area contributed by atoms with Gasteiger partial charge in [-0.15, -0.1) is 11.8 Å². The molecule has 1 saturated heterocycles. The first-order valence-electron chi connectivity index (χ1n) is 10.2. The molecule has 1 unspecified atom stereocenters. The number of fused-ring (bicyclic) bond motifs is 1. The van der Waals surface area contributed by atoms with E-state index in [4.69, 9.17) is 9.72 Å². The van der Waals surface area contributed by atoms with Crippen LogP contribution in [0.1, 0.15) is 6.42 Å². The number of aryl methyl sites for hydroxylation is 1. The first kappa shape index (κ1) is 21.6. The number of pyridine rings is 1. The summed E-state index contributed by atoms with van der Waals surface area (Å²) in [5.41, 5.74) is 3.28. The van der Waals surface area contributed by atoms with E-state index in [0.29, 0.717) is 36.4 Å². The second-order valence-electron chi connectivity index (χ2n) is 7.61. The van der Waals surface area contributed by atoms with E-state index in [1.54, 1.807) is 25.9 Å². The molecule has 31 heavy (non-hydrogen) atoms. The number of ether oxygens (including phenoxy) is 1. The Bertz CT molecular complexity index is 1150. The zero-order chi connectivity index (χ0) is 22.0. The number of rotatable bonds is 7. The Hall–Kier alpha value is -2.62. The van der Waals surface area contributed by atoms with Crippen molar-refractivity contribution < 1.29 is 9.84 Å². The maximum atomic E-state index is 12.7. The van der Waals surface area contributed by atoms with Gasteiger partial charge in [-0.2, -0.15) is 0 Å². The Morgan fingerprint density at radius 3 is 2.90 bits per heavy atom. The molecule has 1 aromatic carbocycles. The van der Waals surface area contributed by atoms with Gasteiger partial charge in [0.05, 0.1) is 35.9 Å². The molecule has 1 aliphatic rings. The highest BCUT2D eigenvalue weighted by molar-refractivity contribution is 7.98. The fourth-order valence-electron chi connectivity index (χ4n) is 3.83. The molecule has 2 aromatic heterocycles. The highest BCUT2D eigenvalue weighted by Crippen LogP contribution is 2.35. The summed E-state index contributed by atoms with van der Waals surface area (Å²) in [7, 11) is 3.31. The molecule has 0 aliphatic carbocycles. The van der Waals surface area contributed by atoms with Crippen LogP contribution in [-0.4, -0.2) is 65.4 Å². The van der Waals surface area contributed by atoms with Gasteiger partial charge in [0.1, 0.15) is 11.2 Å². The number of anilines is 2. The van der Waals surface area contributed by atoms with Crippen LogP contribution >= 0.6 is 11.8 Å². The number of nitrogens with one attached hydrogen (secondary N) is 1. The number of hydrogen-bond donors (Lipinski definition) is 2. The number of aromatic nitrogens is 3. The van der Waals surface area contributed by atoms with Crippen molar-refractivity contribution in [2.75, 3.05) is 49.8 Å². The molecule has 0 bridgehead atoms. The molecule has 3 aromatic rings. The molecule has 0 radical (unpaired) electrons. The van der Waals surface area contributed by atoms with Gasteiger partial charge in [0.2, 0.25) is 0 Å². The van der Waals surface area contributed by atoms with Crippen LogP contribution in [0, 0.1) is 0 Å². The predicted octanol–water partition coefficient (Wildman–Crippen LogP) is 2.35. The number of methoxy groups -OCH3 is 1. The lowest BCUT2D eigenvalue weighted by Crippen LogP contribution is -2.21. The zero-order valence-corrected chi connectivity index (χ0v) is 18.8. The van der Waals surface area contributed by atoms with Crippen molar-refractivity contribution in [3.8, 4) is 11.3 Å². The molecular formula is C22H27N5O3S. The first-order valence-corrected chi connectivity index (χ1v) is 11.4. The van der Waals surface area contributed by atoms with Crippen LogP contribution in [0.3, 0.4) is 0 Å². The summed E-state index contributed by atoms with van der Waals surface area (Å²) in [6, 6.07) is 8.09. The van der Waals surface area contributed by atoms with Crippen molar-refractivity contribution in [2.45, 2.75) is 17.4 Å².